The summed E-state index contributed by atoms with van der Waals surface area (Å²) in [6.07, 6.45) is 0.916. The molecule has 1 aromatic carbocycles. The van der Waals surface area contributed by atoms with E-state index in [1.54, 1.807) is 11.3 Å². The summed E-state index contributed by atoms with van der Waals surface area (Å²) >= 11 is 1.75. The summed E-state index contributed by atoms with van der Waals surface area (Å²) in [7, 11) is 0. The lowest BCUT2D eigenvalue weighted by molar-refractivity contribution is 0.780. The molecule has 1 heterocycles. The molecule has 0 saturated heterocycles. The number of halogens is 1. The largest absolute Gasteiger partial charge is 0.357 e. The molecule has 24 heavy (non-hydrogen) atoms. The topological polar surface area (TPSA) is 49.3 Å². The van der Waals surface area contributed by atoms with Crippen LogP contribution in [0.2, 0.25) is 0 Å². The van der Waals surface area contributed by atoms with Gasteiger partial charge in [0.1, 0.15) is 0 Å². The van der Waals surface area contributed by atoms with E-state index in [0.29, 0.717) is 12.5 Å². The Morgan fingerprint density at radius 1 is 1.21 bits per heavy atom. The van der Waals surface area contributed by atoms with E-state index in [0.717, 1.165) is 31.2 Å². The molecule has 0 amide bonds. The minimum atomic E-state index is 0. The Hall–Kier alpha value is -1.15. The van der Waals surface area contributed by atoms with Gasteiger partial charge in [-0.25, -0.2) is 9.98 Å². The van der Waals surface area contributed by atoms with Crippen LogP contribution >= 0.6 is 35.3 Å². The summed E-state index contributed by atoms with van der Waals surface area (Å²) in [6.45, 7) is 8.82. The predicted octanol–water partition coefficient (Wildman–Crippen LogP) is 4.18. The molecule has 132 valence electrons. The van der Waals surface area contributed by atoms with Crippen molar-refractivity contribution in [2.24, 2.45) is 4.99 Å². The van der Waals surface area contributed by atoms with Gasteiger partial charge in [-0.1, -0.05) is 44.2 Å². The average Bonchev–Trinajstić information content (AvgIpc) is 3.03. The Morgan fingerprint density at radius 3 is 2.58 bits per heavy atom. The first-order valence-corrected chi connectivity index (χ1v) is 9.07. The minimum Gasteiger partial charge on any atom is -0.357 e. The number of benzene rings is 1. The van der Waals surface area contributed by atoms with Crippen molar-refractivity contribution in [3.8, 4) is 0 Å². The maximum atomic E-state index is 4.66. The first-order chi connectivity index (χ1) is 11.2. The van der Waals surface area contributed by atoms with Crippen LogP contribution in [0.15, 0.2) is 40.7 Å². The fraction of sp³-hybridized carbons (Fsp3) is 0.444. The zero-order valence-corrected chi connectivity index (χ0v) is 17.7. The van der Waals surface area contributed by atoms with Gasteiger partial charge in [-0.3, -0.25) is 0 Å². The lowest BCUT2D eigenvalue weighted by Crippen LogP contribution is -2.38. The molecule has 0 bridgehead atoms. The lowest BCUT2D eigenvalue weighted by Gasteiger charge is -2.10. The van der Waals surface area contributed by atoms with Gasteiger partial charge >= 0.3 is 0 Å². The Bertz CT molecular complexity index is 610. The number of thiazole rings is 1. The van der Waals surface area contributed by atoms with Crippen molar-refractivity contribution >= 4 is 41.3 Å². The van der Waals surface area contributed by atoms with E-state index in [2.05, 4.69) is 58.9 Å². The lowest BCUT2D eigenvalue weighted by atomic mass is 10.2. The summed E-state index contributed by atoms with van der Waals surface area (Å²) < 4.78 is 0. The third-order valence-corrected chi connectivity index (χ3v) is 4.54. The third-order valence-electron chi connectivity index (χ3n) is 3.34. The van der Waals surface area contributed by atoms with Crippen molar-refractivity contribution in [3.63, 3.8) is 0 Å². The Morgan fingerprint density at radius 2 is 1.96 bits per heavy atom. The van der Waals surface area contributed by atoms with Crippen molar-refractivity contribution in [3.05, 3.63) is 52.0 Å². The summed E-state index contributed by atoms with van der Waals surface area (Å²) in [6, 6.07) is 10.3. The molecule has 2 rings (SSSR count). The number of aromatic nitrogens is 1. The van der Waals surface area contributed by atoms with Gasteiger partial charge in [-0.15, -0.1) is 35.3 Å². The molecular formula is C18H27IN4S. The normalized spacial score (nSPS) is 11.2. The summed E-state index contributed by atoms with van der Waals surface area (Å²) in [4.78, 5) is 9.29. The second-order valence-corrected chi connectivity index (χ2v) is 6.58. The van der Waals surface area contributed by atoms with E-state index in [1.807, 2.05) is 18.2 Å². The zero-order valence-electron chi connectivity index (χ0n) is 14.6. The van der Waals surface area contributed by atoms with Crippen LogP contribution in [0.1, 0.15) is 43.0 Å². The summed E-state index contributed by atoms with van der Waals surface area (Å²) in [5, 5.41) is 10.0. The van der Waals surface area contributed by atoms with Gasteiger partial charge in [-0.05, 0) is 12.5 Å². The molecule has 0 fully saturated rings. The SMILES string of the molecule is CCNC(=NCc1ccccc1)NCCc1csc(C(C)C)n1.I. The number of nitrogens with one attached hydrogen (secondary N) is 2. The molecule has 0 saturated carbocycles. The monoisotopic (exact) mass is 458 g/mol. The second-order valence-electron chi connectivity index (χ2n) is 5.69. The molecule has 0 radical (unpaired) electrons. The van der Waals surface area contributed by atoms with Gasteiger partial charge in [0.25, 0.3) is 0 Å². The highest BCUT2D eigenvalue weighted by Crippen LogP contribution is 2.19. The van der Waals surface area contributed by atoms with E-state index >= 15 is 0 Å². The molecule has 0 atom stereocenters. The maximum absolute atomic E-state index is 4.66. The van der Waals surface area contributed by atoms with Crippen LogP contribution in [0.25, 0.3) is 0 Å². The van der Waals surface area contributed by atoms with Gasteiger partial charge in [0, 0.05) is 30.8 Å². The maximum Gasteiger partial charge on any atom is 0.191 e. The Labute approximate surface area is 166 Å². The highest BCUT2D eigenvalue weighted by molar-refractivity contribution is 14.0. The fourth-order valence-corrected chi connectivity index (χ4v) is 2.98. The van der Waals surface area contributed by atoms with Crippen LogP contribution in [0.5, 0.6) is 0 Å². The number of aliphatic imine (C=N–C) groups is 1. The molecule has 0 aliphatic heterocycles. The van der Waals surface area contributed by atoms with Crippen LogP contribution in [-0.4, -0.2) is 24.0 Å². The molecule has 0 aliphatic carbocycles. The average molecular weight is 458 g/mol. The van der Waals surface area contributed by atoms with E-state index in [1.165, 1.54) is 10.6 Å². The quantitative estimate of drug-likeness (QED) is 0.372. The summed E-state index contributed by atoms with van der Waals surface area (Å²) in [5.74, 6) is 1.36. The number of guanidine groups is 1. The fourth-order valence-electron chi connectivity index (χ4n) is 2.11. The van der Waals surface area contributed by atoms with E-state index in [4.69, 9.17) is 0 Å². The number of nitrogens with zero attached hydrogens (tertiary/aromatic N) is 2. The molecule has 0 spiro atoms. The van der Waals surface area contributed by atoms with Crippen LogP contribution in [-0.2, 0) is 13.0 Å². The van der Waals surface area contributed by atoms with Gasteiger partial charge < -0.3 is 10.6 Å². The second kappa shape index (κ2) is 11.4. The van der Waals surface area contributed by atoms with Crippen LogP contribution in [0.3, 0.4) is 0 Å². The van der Waals surface area contributed by atoms with Crippen LogP contribution < -0.4 is 10.6 Å². The molecule has 4 nitrogen and oxygen atoms in total. The molecule has 2 N–H and O–H groups in total. The Kier molecular flexibility index (Phi) is 9.94. The highest BCUT2D eigenvalue weighted by Gasteiger charge is 2.06. The smallest absolute Gasteiger partial charge is 0.191 e. The summed E-state index contributed by atoms with van der Waals surface area (Å²) in [5.41, 5.74) is 2.37. The van der Waals surface area contributed by atoms with Crippen molar-refractivity contribution in [2.45, 2.75) is 39.7 Å². The predicted molar refractivity (Wildman–Crippen MR) is 115 cm³/mol. The van der Waals surface area contributed by atoms with E-state index in [-0.39, 0.29) is 24.0 Å². The van der Waals surface area contributed by atoms with Crippen LogP contribution in [0.4, 0.5) is 0 Å². The first kappa shape index (κ1) is 20.9. The molecule has 0 aliphatic rings. The van der Waals surface area contributed by atoms with E-state index < -0.39 is 0 Å². The van der Waals surface area contributed by atoms with Gasteiger partial charge in [0.05, 0.1) is 17.2 Å². The number of rotatable bonds is 7. The minimum absolute atomic E-state index is 0. The van der Waals surface area contributed by atoms with Crippen molar-refractivity contribution in [1.82, 2.24) is 15.6 Å². The van der Waals surface area contributed by atoms with Crippen LogP contribution in [0, 0.1) is 0 Å². The third kappa shape index (κ3) is 7.17. The number of hydrogen-bond donors (Lipinski definition) is 2. The molecule has 2 aromatic rings. The Balaban J connectivity index is 0.00000288. The van der Waals surface area contributed by atoms with Gasteiger partial charge in [0.15, 0.2) is 5.96 Å². The van der Waals surface area contributed by atoms with E-state index in [9.17, 15) is 0 Å². The molecule has 1 aromatic heterocycles. The van der Waals surface area contributed by atoms with Gasteiger partial charge in [0.2, 0.25) is 0 Å². The van der Waals surface area contributed by atoms with Crippen molar-refractivity contribution in [1.29, 1.82) is 0 Å². The standard InChI is InChI=1S/C18H26N4S.HI/c1-4-19-18(21-12-15-8-6-5-7-9-15)20-11-10-16-13-23-17(22-16)14(2)3;/h5-9,13-14H,4,10-12H2,1-3H3,(H2,19,20,21);1H. The molecule has 0 unspecified atom stereocenters. The van der Waals surface area contributed by atoms with Gasteiger partial charge in [-0.2, -0.15) is 0 Å². The van der Waals surface area contributed by atoms with Crippen molar-refractivity contribution < 1.29 is 0 Å². The highest BCUT2D eigenvalue weighted by atomic mass is 127. The molecular weight excluding hydrogens is 431 g/mol. The zero-order chi connectivity index (χ0) is 16.5. The first-order valence-electron chi connectivity index (χ1n) is 8.19. The molecule has 6 heteroatoms. The number of hydrogen-bond acceptors (Lipinski definition) is 3. The van der Waals surface area contributed by atoms with Crippen molar-refractivity contribution in [2.75, 3.05) is 13.1 Å².